The fourth-order valence-corrected chi connectivity index (χ4v) is 6.50. The SMILES string of the molecule is CN(C)C(=O)Cc1cncc(Nc2cc(COc3ccc([N+](=O)[O-])c4ccccc34)ccn2)n1.O=C(O)Cc1cncc(Nc2cc(COc3ccc([N+](=O)[O-])c4ccccc34)ccn2)n1. The van der Waals surface area contributed by atoms with Crippen LogP contribution in [-0.2, 0) is 35.6 Å². The fourth-order valence-electron chi connectivity index (χ4n) is 6.50. The van der Waals surface area contributed by atoms with Gasteiger partial charge in [-0.05, 0) is 59.7 Å². The monoisotopic (exact) mass is 889 g/mol. The number of anilines is 4. The number of aliphatic carboxylic acids is 1. The smallest absolute Gasteiger partial charge is 0.309 e. The topological polar surface area (TPSA) is 264 Å². The lowest BCUT2D eigenvalue weighted by Gasteiger charge is -2.12. The first-order valence-corrected chi connectivity index (χ1v) is 20.0. The number of nitrogens with one attached hydrogen (secondary N) is 2. The molecule has 0 saturated heterocycles. The molecule has 0 radical (unpaired) electrons. The van der Waals surface area contributed by atoms with Gasteiger partial charge in [0.1, 0.15) is 48.0 Å². The van der Waals surface area contributed by atoms with Gasteiger partial charge in [-0.2, -0.15) is 0 Å². The van der Waals surface area contributed by atoms with E-state index < -0.39 is 15.8 Å². The molecule has 4 aromatic carbocycles. The van der Waals surface area contributed by atoms with Crippen LogP contribution in [-0.4, -0.2) is 75.7 Å². The number of carbonyl (C=O) groups excluding carboxylic acids is 1. The molecule has 3 N–H and O–H groups in total. The van der Waals surface area contributed by atoms with Gasteiger partial charge in [0.25, 0.3) is 11.4 Å². The Labute approximate surface area is 375 Å². The van der Waals surface area contributed by atoms with Crippen LogP contribution in [0.4, 0.5) is 34.6 Å². The van der Waals surface area contributed by atoms with Crippen LogP contribution in [0.1, 0.15) is 22.5 Å². The van der Waals surface area contributed by atoms with Crippen molar-refractivity contribution in [2.24, 2.45) is 0 Å². The average Bonchev–Trinajstić information content (AvgIpc) is 3.30. The molecule has 20 heteroatoms. The summed E-state index contributed by atoms with van der Waals surface area (Å²) in [4.78, 5) is 71.4. The molecule has 0 unspecified atom stereocenters. The zero-order valence-electron chi connectivity index (χ0n) is 35.3. The highest BCUT2D eigenvalue weighted by Crippen LogP contribution is 2.34. The van der Waals surface area contributed by atoms with Crippen molar-refractivity contribution in [3.05, 3.63) is 177 Å². The number of aromatic nitrogens is 6. The summed E-state index contributed by atoms with van der Waals surface area (Å²) in [6, 6.07) is 27.3. The second-order valence-electron chi connectivity index (χ2n) is 14.5. The van der Waals surface area contributed by atoms with E-state index in [-0.39, 0.29) is 43.3 Å². The molecule has 0 aliphatic rings. The molecule has 8 rings (SSSR count). The van der Waals surface area contributed by atoms with E-state index in [1.54, 1.807) is 106 Å². The van der Waals surface area contributed by atoms with E-state index in [9.17, 15) is 29.8 Å². The Morgan fingerprint density at radius 1 is 0.606 bits per heavy atom. The first kappa shape index (κ1) is 44.8. The Hall–Kier alpha value is -9.20. The number of carboxylic acid groups (broad SMARTS) is 1. The predicted octanol–water partition coefficient (Wildman–Crippen LogP) is 7.77. The highest BCUT2D eigenvalue weighted by Gasteiger charge is 2.17. The van der Waals surface area contributed by atoms with Crippen molar-refractivity contribution in [3.63, 3.8) is 0 Å². The summed E-state index contributed by atoms with van der Waals surface area (Å²) >= 11 is 0. The van der Waals surface area contributed by atoms with E-state index in [1.807, 2.05) is 18.2 Å². The van der Waals surface area contributed by atoms with Gasteiger partial charge < -0.3 is 30.1 Å². The van der Waals surface area contributed by atoms with Crippen molar-refractivity contribution in [3.8, 4) is 11.5 Å². The first-order valence-electron chi connectivity index (χ1n) is 20.0. The van der Waals surface area contributed by atoms with Crippen molar-refractivity contribution in [1.82, 2.24) is 34.8 Å². The van der Waals surface area contributed by atoms with Crippen molar-refractivity contribution in [2.75, 3.05) is 24.7 Å². The van der Waals surface area contributed by atoms with E-state index in [0.717, 1.165) is 11.1 Å². The average molecular weight is 890 g/mol. The Morgan fingerprint density at radius 3 is 1.47 bits per heavy atom. The molecule has 4 aromatic heterocycles. The number of rotatable bonds is 16. The van der Waals surface area contributed by atoms with Crippen molar-refractivity contribution >= 4 is 68.1 Å². The minimum Gasteiger partial charge on any atom is -0.488 e. The van der Waals surface area contributed by atoms with Crippen LogP contribution in [0.25, 0.3) is 21.5 Å². The maximum atomic E-state index is 11.9. The van der Waals surface area contributed by atoms with Gasteiger partial charge in [-0.15, -0.1) is 0 Å². The maximum absolute atomic E-state index is 11.9. The highest BCUT2D eigenvalue weighted by molar-refractivity contribution is 5.96. The van der Waals surface area contributed by atoms with Crippen LogP contribution in [0, 0.1) is 20.2 Å². The summed E-state index contributed by atoms with van der Waals surface area (Å²) in [6.45, 7) is 0.450. The van der Waals surface area contributed by atoms with Crippen LogP contribution in [0.5, 0.6) is 11.5 Å². The molecule has 0 spiro atoms. The van der Waals surface area contributed by atoms with Crippen LogP contribution >= 0.6 is 0 Å². The molecule has 8 aromatic rings. The zero-order valence-corrected chi connectivity index (χ0v) is 35.3. The molecular formula is C46H39N11O9. The number of benzene rings is 4. The number of amides is 1. The van der Waals surface area contributed by atoms with Crippen molar-refractivity contribution in [1.29, 1.82) is 0 Å². The number of likely N-dealkylation sites (N-methyl/N-ethyl adjacent to an activating group) is 1. The molecule has 0 saturated carbocycles. The third-order valence-corrected chi connectivity index (χ3v) is 9.60. The lowest BCUT2D eigenvalue weighted by molar-refractivity contribution is -0.383. The van der Waals surface area contributed by atoms with Gasteiger partial charge in [-0.1, -0.05) is 36.4 Å². The van der Waals surface area contributed by atoms with E-state index in [2.05, 4.69) is 40.5 Å². The molecule has 332 valence electrons. The number of carbonyl (C=O) groups is 2. The van der Waals surface area contributed by atoms with Crippen molar-refractivity contribution in [2.45, 2.75) is 26.1 Å². The number of non-ortho nitro benzene ring substituents is 2. The van der Waals surface area contributed by atoms with Crippen LogP contribution in [0.15, 0.2) is 134 Å². The molecule has 4 heterocycles. The first-order chi connectivity index (χ1) is 31.9. The van der Waals surface area contributed by atoms with Crippen LogP contribution in [0.2, 0.25) is 0 Å². The predicted molar refractivity (Wildman–Crippen MR) is 243 cm³/mol. The highest BCUT2D eigenvalue weighted by atomic mass is 16.6. The molecule has 1 amide bonds. The van der Waals surface area contributed by atoms with E-state index in [1.165, 1.54) is 29.4 Å². The van der Waals surface area contributed by atoms with Crippen molar-refractivity contribution < 1.29 is 34.0 Å². The normalized spacial score (nSPS) is 10.6. The van der Waals surface area contributed by atoms with Gasteiger partial charge in [0.05, 0.1) is 57.2 Å². The van der Waals surface area contributed by atoms with Crippen LogP contribution in [0.3, 0.4) is 0 Å². The molecule has 0 aliphatic carbocycles. The van der Waals surface area contributed by atoms with Gasteiger partial charge in [0.15, 0.2) is 0 Å². The summed E-state index contributed by atoms with van der Waals surface area (Å²) in [5, 5.41) is 39.9. The molecule has 20 nitrogen and oxygen atoms in total. The Balaban J connectivity index is 0.000000197. The molecule has 0 bridgehead atoms. The Bertz CT molecular complexity index is 3080. The summed E-state index contributed by atoms with van der Waals surface area (Å²) in [7, 11) is 3.38. The van der Waals surface area contributed by atoms with Crippen LogP contribution < -0.4 is 20.1 Å². The number of nitro groups is 2. The van der Waals surface area contributed by atoms with Gasteiger partial charge >= 0.3 is 5.97 Å². The number of pyridine rings is 2. The minimum absolute atomic E-state index is 0.0228. The maximum Gasteiger partial charge on any atom is 0.309 e. The molecule has 0 aliphatic heterocycles. The standard InChI is InChI=1S/C24H22N6O4.C22H17N5O5/c1-29(2)24(31)12-17-13-25-14-23(27-17)28-22-11-16(9-10-26-22)15-34-21-8-7-20(30(32)33)18-5-3-4-6-19(18)21;28-22(29)10-15-11-23-12-21(25-15)26-20-9-14(7-8-24-20)13-32-19-6-5-18(27(30)31)16-3-1-2-4-17(16)19/h3-11,13-14H,12,15H2,1-2H3,(H,26,27,28);1-9,11-12H,10,13H2,(H,28,29)(H,24,25,26). The lowest BCUT2D eigenvalue weighted by atomic mass is 10.1. The number of nitro benzene ring substituents is 2. The second-order valence-corrected chi connectivity index (χ2v) is 14.5. The second kappa shape index (κ2) is 20.8. The largest absolute Gasteiger partial charge is 0.488 e. The Kier molecular flexibility index (Phi) is 14.1. The fraction of sp³-hybridized carbons (Fsp3) is 0.130. The van der Waals surface area contributed by atoms with Gasteiger partial charge in [-0.3, -0.25) is 39.8 Å². The van der Waals surface area contributed by atoms with Gasteiger partial charge in [-0.25, -0.2) is 19.9 Å². The van der Waals surface area contributed by atoms with Gasteiger partial charge in [0, 0.05) is 61.8 Å². The van der Waals surface area contributed by atoms with E-state index >= 15 is 0 Å². The molecule has 66 heavy (non-hydrogen) atoms. The summed E-state index contributed by atoms with van der Waals surface area (Å²) in [5.74, 6) is 1.89. The number of fused-ring (bicyclic) bond motifs is 2. The minimum atomic E-state index is -0.993. The number of hydrogen-bond acceptors (Lipinski definition) is 16. The number of hydrogen-bond donors (Lipinski definition) is 3. The van der Waals surface area contributed by atoms with Gasteiger partial charge in [0.2, 0.25) is 5.91 Å². The molecule has 0 fully saturated rings. The lowest BCUT2D eigenvalue weighted by Crippen LogP contribution is -2.24. The third kappa shape index (κ3) is 11.6. The molecular weight excluding hydrogens is 851 g/mol. The quantitative estimate of drug-likeness (QED) is 0.0618. The van der Waals surface area contributed by atoms with E-state index in [4.69, 9.17) is 14.6 Å². The zero-order chi connectivity index (χ0) is 46.6. The van der Waals surface area contributed by atoms with E-state index in [0.29, 0.717) is 67.7 Å². The number of ether oxygens (including phenoxy) is 2. The summed E-state index contributed by atoms with van der Waals surface area (Å²) in [5.41, 5.74) is 2.58. The summed E-state index contributed by atoms with van der Waals surface area (Å²) in [6.07, 6.45) is 9.14. The number of nitrogens with zero attached hydrogens (tertiary/aromatic N) is 9. The molecule has 0 atom stereocenters. The Morgan fingerprint density at radius 2 is 1.05 bits per heavy atom. The third-order valence-electron chi connectivity index (χ3n) is 9.60. The summed E-state index contributed by atoms with van der Waals surface area (Å²) < 4.78 is 11.9. The number of carboxylic acids is 1.